The number of hydrogen-bond acceptors (Lipinski definition) is 8. The fraction of sp³-hybridized carbons (Fsp3) is 0.723. The molecular formula is C47H90N2OS6. The van der Waals surface area contributed by atoms with Crippen LogP contribution in [0, 0.1) is 0 Å². The van der Waals surface area contributed by atoms with E-state index >= 15 is 0 Å². The van der Waals surface area contributed by atoms with Gasteiger partial charge in [0, 0.05) is 51.1 Å². The molecule has 1 rings (SSSR count). The Hall–Kier alpha value is -0.320. The van der Waals surface area contributed by atoms with Crippen LogP contribution in [0.5, 0.6) is 0 Å². The number of benzene rings is 1. The molecular weight excluding hydrogens is 801 g/mol. The maximum atomic E-state index is 5.47. The third kappa shape index (κ3) is 39.2. The second-order valence-electron chi connectivity index (χ2n) is 13.6. The summed E-state index contributed by atoms with van der Waals surface area (Å²) in [7, 11) is 2.04. The molecule has 0 saturated carbocycles. The Kier molecular flexibility index (Phi) is 49.2. The molecule has 0 aliphatic carbocycles. The van der Waals surface area contributed by atoms with Gasteiger partial charge in [-0.2, -0.15) is 0 Å². The highest BCUT2D eigenvalue weighted by Crippen LogP contribution is 2.32. The Bertz CT molecular complexity index is 1020. The number of hydrogen-bond donors (Lipinski definition) is 0. The van der Waals surface area contributed by atoms with Crippen molar-refractivity contribution in [2.24, 2.45) is 0 Å². The number of nitrogens with zero attached hydrogens (tertiary/aromatic N) is 2. The Labute approximate surface area is 378 Å². The van der Waals surface area contributed by atoms with Crippen molar-refractivity contribution in [2.75, 3.05) is 37.4 Å². The van der Waals surface area contributed by atoms with E-state index in [0.29, 0.717) is 15.7 Å². The molecule has 0 radical (unpaired) electrons. The highest BCUT2D eigenvalue weighted by molar-refractivity contribution is 8.23. The minimum atomic E-state index is 0. The SMILES string of the molecule is C.C=C(OCC)SC(C)CCCC.C=C(SC(C)CCCC)N(CC)CC.C=C(SCC)SC(C)CCCC.CCCCC(C)SC(=S)N(C)c1ccccc1. The van der Waals surface area contributed by atoms with E-state index in [2.05, 4.69) is 118 Å². The molecule has 0 heterocycles. The fourth-order valence-electron chi connectivity index (χ4n) is 4.93. The van der Waals surface area contributed by atoms with Gasteiger partial charge in [0.05, 0.1) is 11.6 Å². The molecule has 1 aromatic carbocycles. The molecule has 3 nitrogen and oxygen atoms in total. The number of thiocarbonyl (C=S) groups is 1. The Morgan fingerprint density at radius 1 is 0.643 bits per heavy atom. The number of thioether (sulfide) groups is 5. The van der Waals surface area contributed by atoms with Gasteiger partial charge < -0.3 is 14.5 Å². The molecule has 0 bridgehead atoms. The normalized spacial score (nSPS) is 12.3. The van der Waals surface area contributed by atoms with Gasteiger partial charge in [-0.05, 0) is 70.9 Å². The lowest BCUT2D eigenvalue weighted by atomic mass is 10.2. The highest BCUT2D eigenvalue weighted by atomic mass is 32.2. The van der Waals surface area contributed by atoms with Gasteiger partial charge in [-0.3, -0.25) is 0 Å². The van der Waals surface area contributed by atoms with Crippen LogP contribution in [0.2, 0.25) is 0 Å². The lowest BCUT2D eigenvalue weighted by Gasteiger charge is -2.24. The third-order valence-electron chi connectivity index (χ3n) is 8.31. The van der Waals surface area contributed by atoms with E-state index in [1.54, 1.807) is 23.5 Å². The van der Waals surface area contributed by atoms with Gasteiger partial charge in [0.25, 0.3) is 0 Å². The summed E-state index contributed by atoms with van der Waals surface area (Å²) in [5, 5.41) is 4.80. The zero-order valence-electron chi connectivity index (χ0n) is 37.9. The molecule has 0 fully saturated rings. The van der Waals surface area contributed by atoms with E-state index in [1.807, 2.05) is 67.5 Å². The first-order valence-electron chi connectivity index (χ1n) is 21.3. The minimum absolute atomic E-state index is 0. The van der Waals surface area contributed by atoms with Crippen molar-refractivity contribution in [3.05, 3.63) is 64.4 Å². The Morgan fingerprint density at radius 3 is 1.45 bits per heavy atom. The van der Waals surface area contributed by atoms with E-state index < -0.39 is 0 Å². The maximum Gasteiger partial charge on any atom is 0.146 e. The van der Waals surface area contributed by atoms with Crippen LogP contribution in [0.4, 0.5) is 5.69 Å². The van der Waals surface area contributed by atoms with Gasteiger partial charge in [0.1, 0.15) is 9.41 Å². The molecule has 0 aliphatic rings. The number of rotatable bonds is 27. The molecule has 0 aliphatic heterocycles. The average Bonchev–Trinajstić information content (AvgIpc) is 3.16. The standard InChI is InChI=1S/C14H21NS2.C12H25NS.C10H20OS.C10H20S2.CH4/c1-4-5-9-12(2)17-14(16)15(3)13-10-7-6-8-11-13;1-6-9-10-11(4)14-12(5)13(7-2)8-3;2*1-5-7-8-9(3)12-10(4)11-6-2;/h6-8,10-12H,4-5,9H2,1-3H3;11H,5-10H2,1-4H3;2*9H,4-8H2,1-3H3;1H4. The molecule has 9 heteroatoms. The second kappa shape index (κ2) is 44.2. The lowest BCUT2D eigenvalue weighted by molar-refractivity contribution is 0.259. The van der Waals surface area contributed by atoms with Crippen LogP contribution >= 0.6 is 71.0 Å². The molecule has 1 aromatic rings. The zero-order valence-corrected chi connectivity index (χ0v) is 42.8. The molecule has 0 spiro atoms. The predicted octanol–water partition coefficient (Wildman–Crippen LogP) is 17.8. The monoisotopic (exact) mass is 891 g/mol. The maximum absolute atomic E-state index is 5.47. The third-order valence-corrected chi connectivity index (χ3v) is 14.3. The average molecular weight is 892 g/mol. The van der Waals surface area contributed by atoms with Crippen molar-refractivity contribution in [2.45, 2.75) is 189 Å². The summed E-state index contributed by atoms with van der Waals surface area (Å²) in [6.45, 7) is 41.4. The molecule has 0 N–H and O–H groups in total. The Morgan fingerprint density at radius 2 is 1.05 bits per heavy atom. The largest absolute Gasteiger partial charge is 0.488 e. The quantitative estimate of drug-likeness (QED) is 0.0628. The Balaban J connectivity index is -0.000000324. The first-order chi connectivity index (χ1) is 26.2. The predicted molar refractivity (Wildman–Crippen MR) is 281 cm³/mol. The summed E-state index contributed by atoms with van der Waals surface area (Å²) in [6, 6.07) is 10.3. The van der Waals surface area contributed by atoms with Crippen molar-refractivity contribution in [1.82, 2.24) is 4.90 Å². The van der Waals surface area contributed by atoms with Gasteiger partial charge in [-0.1, -0.05) is 188 Å². The second-order valence-corrected chi connectivity index (χ2v) is 21.8. The van der Waals surface area contributed by atoms with E-state index in [9.17, 15) is 0 Å². The van der Waals surface area contributed by atoms with Crippen molar-refractivity contribution in [3.8, 4) is 0 Å². The van der Waals surface area contributed by atoms with Crippen LogP contribution in [0.25, 0.3) is 0 Å². The fourth-order valence-corrected chi connectivity index (χ4v) is 10.7. The lowest BCUT2D eigenvalue weighted by Crippen LogP contribution is -2.23. The van der Waals surface area contributed by atoms with Crippen molar-refractivity contribution in [1.29, 1.82) is 0 Å². The number of para-hydroxylation sites is 1. The summed E-state index contributed by atoms with van der Waals surface area (Å²) in [5.74, 6) is 1.15. The van der Waals surface area contributed by atoms with Crippen LogP contribution < -0.4 is 4.90 Å². The molecule has 0 amide bonds. The minimum Gasteiger partial charge on any atom is -0.488 e. The highest BCUT2D eigenvalue weighted by Gasteiger charge is 2.12. The summed E-state index contributed by atoms with van der Waals surface area (Å²) >= 11 is 14.7. The van der Waals surface area contributed by atoms with Crippen molar-refractivity contribution >= 4 is 81.0 Å². The summed E-state index contributed by atoms with van der Waals surface area (Å²) in [5.41, 5.74) is 1.16. The van der Waals surface area contributed by atoms with Crippen molar-refractivity contribution < 1.29 is 4.74 Å². The topological polar surface area (TPSA) is 15.7 Å². The zero-order chi connectivity index (χ0) is 42.4. The van der Waals surface area contributed by atoms with Gasteiger partial charge in [-0.15, -0.1) is 35.3 Å². The first kappa shape index (κ1) is 62.3. The molecule has 330 valence electrons. The summed E-state index contributed by atoms with van der Waals surface area (Å²) in [4.78, 5) is 4.41. The summed E-state index contributed by atoms with van der Waals surface area (Å²) < 4.78 is 7.50. The molecule has 0 aromatic heterocycles. The van der Waals surface area contributed by atoms with Gasteiger partial charge in [0.2, 0.25) is 0 Å². The van der Waals surface area contributed by atoms with E-state index in [1.165, 1.54) is 86.3 Å². The number of anilines is 1. The smallest absolute Gasteiger partial charge is 0.146 e. The molecule has 4 unspecified atom stereocenters. The van der Waals surface area contributed by atoms with Crippen LogP contribution in [-0.4, -0.2) is 62.7 Å². The molecule has 4 atom stereocenters. The molecule has 56 heavy (non-hydrogen) atoms. The van der Waals surface area contributed by atoms with E-state index in [0.717, 1.165) is 45.8 Å². The van der Waals surface area contributed by atoms with Gasteiger partial charge in [0.15, 0.2) is 0 Å². The number of unbranched alkanes of at least 4 members (excludes halogenated alkanes) is 4. The van der Waals surface area contributed by atoms with Crippen LogP contribution in [-0.2, 0) is 4.74 Å². The van der Waals surface area contributed by atoms with Gasteiger partial charge in [-0.25, -0.2) is 0 Å². The number of ether oxygens (including phenoxy) is 1. The molecule has 0 saturated heterocycles. The van der Waals surface area contributed by atoms with Crippen molar-refractivity contribution in [3.63, 3.8) is 0 Å². The van der Waals surface area contributed by atoms with E-state index in [4.69, 9.17) is 17.0 Å². The van der Waals surface area contributed by atoms with Crippen LogP contribution in [0.3, 0.4) is 0 Å². The summed E-state index contributed by atoms with van der Waals surface area (Å²) in [6.07, 6.45) is 15.5. The van der Waals surface area contributed by atoms with Gasteiger partial charge >= 0.3 is 0 Å². The van der Waals surface area contributed by atoms with Crippen LogP contribution in [0.1, 0.15) is 168 Å². The van der Waals surface area contributed by atoms with Crippen LogP contribution in [0.15, 0.2) is 64.4 Å². The first-order valence-corrected chi connectivity index (χ1v) is 26.2. The van der Waals surface area contributed by atoms with E-state index in [-0.39, 0.29) is 7.43 Å².